The van der Waals surface area contributed by atoms with Crippen LogP contribution in [0.4, 0.5) is 0 Å². The highest BCUT2D eigenvalue weighted by atomic mass is 16.5. The first-order chi connectivity index (χ1) is 6.97. The van der Waals surface area contributed by atoms with Crippen LogP contribution in [0.25, 0.3) is 0 Å². The quantitative estimate of drug-likeness (QED) is 0.771. The van der Waals surface area contributed by atoms with E-state index >= 15 is 0 Å². The van der Waals surface area contributed by atoms with Gasteiger partial charge < -0.3 is 9.84 Å². The Morgan fingerprint density at radius 2 is 1.87 bits per heavy atom. The first-order valence-electron chi connectivity index (χ1n) is 4.97. The molecule has 0 aromatic heterocycles. The van der Waals surface area contributed by atoms with Crippen molar-refractivity contribution in [2.45, 2.75) is 20.1 Å². The van der Waals surface area contributed by atoms with Crippen LogP contribution in [-0.4, -0.2) is 31.2 Å². The van der Waals surface area contributed by atoms with E-state index in [1.54, 1.807) is 12.0 Å². The zero-order valence-corrected chi connectivity index (χ0v) is 10.0. The molecule has 1 unspecified atom stereocenters. The van der Waals surface area contributed by atoms with Gasteiger partial charge in [0.05, 0.1) is 7.11 Å². The molecule has 1 aromatic rings. The molecule has 0 radical (unpaired) electrons. The molecule has 0 amide bonds. The lowest BCUT2D eigenvalue weighted by molar-refractivity contribution is 0.0373. The van der Waals surface area contributed by atoms with Gasteiger partial charge in [-0.25, -0.2) is 0 Å². The molecule has 0 aliphatic heterocycles. The molecule has 1 aromatic carbocycles. The molecule has 1 rings (SSSR count). The summed E-state index contributed by atoms with van der Waals surface area (Å²) in [6.45, 7) is 4.00. The van der Waals surface area contributed by atoms with Gasteiger partial charge in [0.1, 0.15) is 12.0 Å². The molecule has 0 aliphatic rings. The highest BCUT2D eigenvalue weighted by Gasteiger charge is 2.17. The van der Waals surface area contributed by atoms with Crippen molar-refractivity contribution < 1.29 is 9.84 Å². The van der Waals surface area contributed by atoms with Crippen LogP contribution in [0.2, 0.25) is 0 Å². The molecule has 0 bridgehead atoms. The van der Waals surface area contributed by atoms with E-state index in [2.05, 4.69) is 0 Å². The van der Waals surface area contributed by atoms with Crippen molar-refractivity contribution in [3.63, 3.8) is 0 Å². The largest absolute Gasteiger partial charge is 0.496 e. The SMILES string of the molecule is COc1c(C)cc(C)cc1C(O)N(C)C. The lowest BCUT2D eigenvalue weighted by Gasteiger charge is -2.22. The molecule has 1 atom stereocenters. The van der Waals surface area contributed by atoms with E-state index in [9.17, 15) is 5.11 Å². The summed E-state index contributed by atoms with van der Waals surface area (Å²) < 4.78 is 5.32. The fourth-order valence-electron chi connectivity index (χ4n) is 1.74. The zero-order valence-electron chi connectivity index (χ0n) is 10.0. The number of benzene rings is 1. The van der Waals surface area contributed by atoms with Crippen molar-refractivity contribution in [2.24, 2.45) is 0 Å². The second kappa shape index (κ2) is 4.64. The number of aliphatic hydroxyl groups excluding tert-OH is 1. The molecule has 0 fully saturated rings. The van der Waals surface area contributed by atoms with Crippen LogP contribution in [-0.2, 0) is 0 Å². The third-order valence-electron chi connectivity index (χ3n) is 2.42. The van der Waals surface area contributed by atoms with Gasteiger partial charge in [-0.05, 0) is 39.6 Å². The summed E-state index contributed by atoms with van der Waals surface area (Å²) in [5.41, 5.74) is 3.00. The van der Waals surface area contributed by atoms with Crippen molar-refractivity contribution in [1.29, 1.82) is 0 Å². The third-order valence-corrected chi connectivity index (χ3v) is 2.42. The highest BCUT2D eigenvalue weighted by Crippen LogP contribution is 2.30. The molecule has 0 saturated carbocycles. The van der Waals surface area contributed by atoms with Gasteiger partial charge in [-0.2, -0.15) is 0 Å². The number of rotatable bonds is 3. The van der Waals surface area contributed by atoms with Crippen molar-refractivity contribution in [3.05, 3.63) is 28.8 Å². The normalized spacial score (nSPS) is 13.0. The average molecular weight is 209 g/mol. The number of methoxy groups -OCH3 is 1. The highest BCUT2D eigenvalue weighted by molar-refractivity contribution is 5.44. The smallest absolute Gasteiger partial charge is 0.136 e. The monoisotopic (exact) mass is 209 g/mol. The number of aryl methyl sites for hydroxylation is 2. The molecule has 0 aliphatic carbocycles. The number of aliphatic hydroxyl groups is 1. The first kappa shape index (κ1) is 12.0. The minimum Gasteiger partial charge on any atom is -0.496 e. The van der Waals surface area contributed by atoms with Gasteiger partial charge in [0.25, 0.3) is 0 Å². The van der Waals surface area contributed by atoms with Crippen molar-refractivity contribution in [3.8, 4) is 5.75 Å². The van der Waals surface area contributed by atoms with Crippen LogP contribution in [0.5, 0.6) is 5.75 Å². The van der Waals surface area contributed by atoms with Crippen LogP contribution in [0.1, 0.15) is 22.9 Å². The Balaban J connectivity index is 3.26. The number of nitrogens with zero attached hydrogens (tertiary/aromatic N) is 1. The van der Waals surface area contributed by atoms with Crippen molar-refractivity contribution >= 4 is 0 Å². The second-order valence-corrected chi connectivity index (χ2v) is 4.04. The Kier molecular flexibility index (Phi) is 3.72. The van der Waals surface area contributed by atoms with Gasteiger partial charge in [0, 0.05) is 5.56 Å². The Bertz CT molecular complexity index is 348. The van der Waals surface area contributed by atoms with Crippen LogP contribution in [0.3, 0.4) is 0 Å². The van der Waals surface area contributed by atoms with Crippen molar-refractivity contribution in [1.82, 2.24) is 4.90 Å². The van der Waals surface area contributed by atoms with Crippen LogP contribution >= 0.6 is 0 Å². The number of hydrogen-bond acceptors (Lipinski definition) is 3. The molecule has 0 spiro atoms. The van der Waals surface area contributed by atoms with E-state index in [-0.39, 0.29) is 0 Å². The Hall–Kier alpha value is -1.06. The van der Waals surface area contributed by atoms with Gasteiger partial charge in [-0.15, -0.1) is 0 Å². The van der Waals surface area contributed by atoms with Gasteiger partial charge in [0.2, 0.25) is 0 Å². The zero-order chi connectivity index (χ0) is 11.6. The maximum absolute atomic E-state index is 10.0. The lowest BCUT2D eigenvalue weighted by atomic mass is 10.0. The fourth-order valence-corrected chi connectivity index (χ4v) is 1.74. The van der Waals surface area contributed by atoms with Gasteiger partial charge in [-0.3, -0.25) is 4.90 Å². The van der Waals surface area contributed by atoms with E-state index in [0.717, 1.165) is 22.4 Å². The first-order valence-corrected chi connectivity index (χ1v) is 4.97. The molecular formula is C12H19NO2. The fraction of sp³-hybridized carbons (Fsp3) is 0.500. The third kappa shape index (κ3) is 2.49. The maximum atomic E-state index is 10.0. The van der Waals surface area contributed by atoms with E-state index in [1.165, 1.54) is 0 Å². The Morgan fingerprint density at radius 3 is 2.33 bits per heavy atom. The summed E-state index contributed by atoms with van der Waals surface area (Å²) in [6.07, 6.45) is -0.626. The number of hydrogen-bond donors (Lipinski definition) is 1. The van der Waals surface area contributed by atoms with Gasteiger partial charge >= 0.3 is 0 Å². The van der Waals surface area contributed by atoms with Crippen LogP contribution in [0, 0.1) is 13.8 Å². The lowest BCUT2D eigenvalue weighted by Crippen LogP contribution is -2.20. The predicted octanol–water partition coefficient (Wildman–Crippen LogP) is 1.86. The molecule has 0 saturated heterocycles. The van der Waals surface area contributed by atoms with Crippen LogP contribution < -0.4 is 4.74 Å². The van der Waals surface area contributed by atoms with Gasteiger partial charge in [0.15, 0.2) is 0 Å². The molecule has 1 N–H and O–H groups in total. The molecule has 15 heavy (non-hydrogen) atoms. The van der Waals surface area contributed by atoms with E-state index < -0.39 is 6.23 Å². The Morgan fingerprint density at radius 1 is 1.27 bits per heavy atom. The predicted molar refractivity (Wildman–Crippen MR) is 61.1 cm³/mol. The Labute approximate surface area is 91.3 Å². The molecular weight excluding hydrogens is 190 g/mol. The maximum Gasteiger partial charge on any atom is 0.136 e. The summed E-state index contributed by atoms with van der Waals surface area (Å²) in [4.78, 5) is 1.75. The molecule has 84 valence electrons. The van der Waals surface area contributed by atoms with Crippen LogP contribution in [0.15, 0.2) is 12.1 Å². The molecule has 0 heterocycles. The standard InChI is InChI=1S/C12H19NO2/c1-8-6-9(2)11(15-5)10(7-8)12(14)13(3)4/h6-7,12,14H,1-5H3. The van der Waals surface area contributed by atoms with E-state index in [1.807, 2.05) is 40.1 Å². The molecule has 3 heteroatoms. The minimum absolute atomic E-state index is 0.626. The summed E-state index contributed by atoms with van der Waals surface area (Å²) in [7, 11) is 5.30. The summed E-state index contributed by atoms with van der Waals surface area (Å²) in [5, 5.41) is 10.0. The van der Waals surface area contributed by atoms with Gasteiger partial charge in [-0.1, -0.05) is 11.6 Å². The van der Waals surface area contributed by atoms with Crippen molar-refractivity contribution in [2.75, 3.05) is 21.2 Å². The van der Waals surface area contributed by atoms with E-state index in [4.69, 9.17) is 4.74 Å². The minimum atomic E-state index is -0.626. The average Bonchev–Trinajstić information content (AvgIpc) is 2.15. The topological polar surface area (TPSA) is 32.7 Å². The number of ether oxygens (including phenoxy) is 1. The summed E-state index contributed by atoms with van der Waals surface area (Å²) in [6, 6.07) is 4.00. The summed E-state index contributed by atoms with van der Waals surface area (Å²) >= 11 is 0. The van der Waals surface area contributed by atoms with E-state index in [0.29, 0.717) is 0 Å². The molecule has 3 nitrogen and oxygen atoms in total. The second-order valence-electron chi connectivity index (χ2n) is 4.04. The summed E-state index contributed by atoms with van der Waals surface area (Å²) in [5.74, 6) is 0.766.